The average molecular weight is 515 g/mol. The highest BCUT2D eigenvalue weighted by molar-refractivity contribution is 7.66. The molecular formula is C10H17FN3O14P3. The standard InChI is InChI=1S/C10H17FN3O14P3/c11-4-10(17)7(15)5(26-8(10)14-2-1-6(12)13-9(14)16)3-25-30(21,22)28-31(23,24)27-29(18,19)20/h1-2,5,7-8,15,17H,3-4H2,(H,21,22)(H,23,24)(H2,12,13,16)(H2,18,19,20). The van der Waals surface area contributed by atoms with Gasteiger partial charge >= 0.3 is 29.2 Å². The highest BCUT2D eigenvalue weighted by Crippen LogP contribution is 2.66. The van der Waals surface area contributed by atoms with E-state index in [0.29, 0.717) is 4.57 Å². The fourth-order valence-electron chi connectivity index (χ4n) is 2.48. The number of hydrogen-bond donors (Lipinski definition) is 7. The Hall–Kier alpha value is -1.10. The number of nitrogen functional groups attached to an aromatic ring is 1. The third kappa shape index (κ3) is 6.46. The van der Waals surface area contributed by atoms with Crippen molar-refractivity contribution in [3.8, 4) is 0 Å². The second-order valence-electron chi connectivity index (χ2n) is 6.03. The largest absolute Gasteiger partial charge is 0.490 e. The van der Waals surface area contributed by atoms with Crippen molar-refractivity contribution in [2.24, 2.45) is 0 Å². The lowest BCUT2D eigenvalue weighted by molar-refractivity contribution is -0.121. The van der Waals surface area contributed by atoms with Crippen LogP contribution in [0.15, 0.2) is 17.1 Å². The summed E-state index contributed by atoms with van der Waals surface area (Å²) in [6.45, 7) is -2.86. The number of ether oxygens (including phenoxy) is 1. The van der Waals surface area contributed by atoms with Gasteiger partial charge in [-0.15, -0.1) is 0 Å². The van der Waals surface area contributed by atoms with Crippen LogP contribution in [0.5, 0.6) is 0 Å². The molecule has 1 saturated heterocycles. The summed E-state index contributed by atoms with van der Waals surface area (Å²) < 4.78 is 64.1. The third-order valence-electron chi connectivity index (χ3n) is 3.73. The van der Waals surface area contributed by atoms with Crippen LogP contribution in [0.25, 0.3) is 0 Å². The molecule has 21 heteroatoms. The Morgan fingerprint density at radius 1 is 1.23 bits per heavy atom. The lowest BCUT2D eigenvalue weighted by Crippen LogP contribution is -2.50. The first-order chi connectivity index (χ1) is 14.0. The maximum Gasteiger partial charge on any atom is 0.490 e. The number of phosphoric ester groups is 1. The molecule has 178 valence electrons. The minimum absolute atomic E-state index is 0.215. The third-order valence-corrected chi connectivity index (χ3v) is 7.53. The molecule has 0 aliphatic carbocycles. The van der Waals surface area contributed by atoms with Crippen molar-refractivity contribution in [3.05, 3.63) is 22.7 Å². The Labute approximate surface area is 171 Å². The van der Waals surface area contributed by atoms with Crippen LogP contribution in [0.4, 0.5) is 10.2 Å². The van der Waals surface area contributed by atoms with Crippen LogP contribution in [0, 0.1) is 0 Å². The molecule has 2 rings (SSSR count). The lowest BCUT2D eigenvalue weighted by atomic mass is 9.95. The molecule has 1 fully saturated rings. The van der Waals surface area contributed by atoms with Crippen LogP contribution >= 0.6 is 23.5 Å². The zero-order chi connectivity index (χ0) is 23.8. The van der Waals surface area contributed by atoms with Gasteiger partial charge in [0, 0.05) is 6.20 Å². The van der Waals surface area contributed by atoms with Gasteiger partial charge in [-0.25, -0.2) is 22.9 Å². The van der Waals surface area contributed by atoms with Gasteiger partial charge in [-0.1, -0.05) is 0 Å². The Bertz CT molecular complexity index is 1020. The second-order valence-corrected chi connectivity index (χ2v) is 10.4. The summed E-state index contributed by atoms with van der Waals surface area (Å²) in [4.78, 5) is 50.7. The van der Waals surface area contributed by atoms with Crippen molar-refractivity contribution in [1.29, 1.82) is 0 Å². The Kier molecular flexibility index (Phi) is 7.62. The molecule has 0 radical (unpaired) electrons. The van der Waals surface area contributed by atoms with Gasteiger partial charge in [0.2, 0.25) is 0 Å². The van der Waals surface area contributed by atoms with Gasteiger partial charge in [0.25, 0.3) is 0 Å². The number of hydrogen-bond acceptors (Lipinski definition) is 12. The monoisotopic (exact) mass is 515 g/mol. The van der Waals surface area contributed by atoms with E-state index in [1.165, 1.54) is 0 Å². The number of anilines is 1. The molecule has 0 saturated carbocycles. The van der Waals surface area contributed by atoms with E-state index >= 15 is 0 Å². The molecule has 6 unspecified atom stereocenters. The fourth-order valence-corrected chi connectivity index (χ4v) is 5.51. The van der Waals surface area contributed by atoms with E-state index < -0.39 is 66.5 Å². The van der Waals surface area contributed by atoms with Crippen LogP contribution in [-0.4, -0.2) is 70.4 Å². The van der Waals surface area contributed by atoms with Crippen molar-refractivity contribution >= 4 is 29.3 Å². The van der Waals surface area contributed by atoms with E-state index in [9.17, 15) is 38.0 Å². The maximum atomic E-state index is 13.5. The van der Waals surface area contributed by atoms with Gasteiger partial charge in [-0.3, -0.25) is 9.09 Å². The molecule has 17 nitrogen and oxygen atoms in total. The highest BCUT2D eigenvalue weighted by atomic mass is 31.3. The highest BCUT2D eigenvalue weighted by Gasteiger charge is 2.57. The van der Waals surface area contributed by atoms with Crippen LogP contribution in [0.2, 0.25) is 0 Å². The first-order valence-electron chi connectivity index (χ1n) is 7.74. The van der Waals surface area contributed by atoms with E-state index in [4.69, 9.17) is 25.2 Å². The smallest absolute Gasteiger partial charge is 0.387 e. The number of nitrogens with two attached hydrogens (primary N) is 1. The van der Waals surface area contributed by atoms with Gasteiger partial charge in [0.15, 0.2) is 11.8 Å². The predicted octanol–water partition coefficient (Wildman–Crippen LogP) is -1.87. The van der Waals surface area contributed by atoms with Crippen LogP contribution in [0.3, 0.4) is 0 Å². The van der Waals surface area contributed by atoms with E-state index in [0.717, 1.165) is 12.3 Å². The summed E-state index contributed by atoms with van der Waals surface area (Å²) in [5.41, 5.74) is 1.46. The quantitative estimate of drug-likeness (QED) is 0.177. The van der Waals surface area contributed by atoms with Gasteiger partial charge in [0.1, 0.15) is 24.7 Å². The first-order valence-corrected chi connectivity index (χ1v) is 12.3. The minimum atomic E-state index is -5.79. The number of aromatic nitrogens is 2. The number of rotatable bonds is 9. The summed E-state index contributed by atoms with van der Waals surface area (Å²) >= 11 is 0. The molecule has 0 aromatic carbocycles. The second kappa shape index (κ2) is 9.03. The Balaban J connectivity index is 2.17. The van der Waals surface area contributed by atoms with Crippen LogP contribution in [-0.2, 0) is 31.6 Å². The van der Waals surface area contributed by atoms with E-state index in [2.05, 4.69) is 18.1 Å². The fraction of sp³-hybridized carbons (Fsp3) is 0.600. The summed E-state index contributed by atoms with van der Waals surface area (Å²) in [6.07, 6.45) is -4.91. The number of alkyl halides is 1. The molecule has 1 aliphatic rings. The first kappa shape index (κ1) is 26.2. The Morgan fingerprint density at radius 3 is 2.35 bits per heavy atom. The van der Waals surface area contributed by atoms with Gasteiger partial charge in [-0.05, 0) is 6.07 Å². The number of halogens is 1. The zero-order valence-electron chi connectivity index (χ0n) is 14.9. The lowest BCUT2D eigenvalue weighted by Gasteiger charge is -2.28. The van der Waals surface area contributed by atoms with Crippen molar-refractivity contribution < 1.29 is 65.8 Å². The average Bonchev–Trinajstić information content (AvgIpc) is 2.82. The molecule has 8 N–H and O–H groups in total. The summed E-state index contributed by atoms with van der Waals surface area (Å²) in [7, 11) is -17.0. The van der Waals surface area contributed by atoms with Crippen molar-refractivity contribution in [2.45, 2.75) is 24.0 Å². The molecule has 1 aromatic heterocycles. The van der Waals surface area contributed by atoms with E-state index in [1.54, 1.807) is 0 Å². The van der Waals surface area contributed by atoms with Crippen LogP contribution < -0.4 is 11.4 Å². The van der Waals surface area contributed by atoms with Crippen molar-refractivity contribution in [2.75, 3.05) is 19.0 Å². The zero-order valence-corrected chi connectivity index (χ0v) is 17.6. The number of aliphatic hydroxyl groups is 2. The summed E-state index contributed by atoms with van der Waals surface area (Å²) in [5, 5.41) is 20.6. The summed E-state index contributed by atoms with van der Waals surface area (Å²) in [6, 6.07) is 1.09. The Morgan fingerprint density at radius 2 is 1.84 bits per heavy atom. The topological polar surface area (TPSA) is 270 Å². The molecule has 0 bridgehead atoms. The molecule has 0 spiro atoms. The summed E-state index contributed by atoms with van der Waals surface area (Å²) in [5.74, 6) is -0.215. The molecule has 0 amide bonds. The molecule has 1 aromatic rings. The van der Waals surface area contributed by atoms with Crippen molar-refractivity contribution in [1.82, 2.24) is 9.55 Å². The van der Waals surface area contributed by atoms with Gasteiger partial charge in [0.05, 0.1) is 6.61 Å². The van der Waals surface area contributed by atoms with Gasteiger partial charge < -0.3 is 40.3 Å². The normalized spacial score (nSPS) is 30.6. The van der Waals surface area contributed by atoms with Crippen LogP contribution in [0.1, 0.15) is 6.23 Å². The minimum Gasteiger partial charge on any atom is -0.387 e. The predicted molar refractivity (Wildman–Crippen MR) is 93.6 cm³/mol. The maximum absolute atomic E-state index is 13.5. The van der Waals surface area contributed by atoms with E-state index in [1.807, 2.05) is 0 Å². The number of aliphatic hydroxyl groups excluding tert-OH is 1. The van der Waals surface area contributed by atoms with Crippen molar-refractivity contribution in [3.63, 3.8) is 0 Å². The number of nitrogens with zero attached hydrogens (tertiary/aromatic N) is 2. The molecule has 31 heavy (non-hydrogen) atoms. The molecule has 1 aliphatic heterocycles. The van der Waals surface area contributed by atoms with Gasteiger partial charge in [-0.2, -0.15) is 13.6 Å². The molecular weight excluding hydrogens is 498 g/mol. The molecule has 2 heterocycles. The number of phosphoric acid groups is 3. The SMILES string of the molecule is Nc1ccn(C2OC(COP(=O)(O)OP(=O)(O)OP(=O)(O)O)C(O)C2(O)CF)c(=O)n1. The molecule has 6 atom stereocenters. The van der Waals surface area contributed by atoms with E-state index in [-0.39, 0.29) is 5.82 Å².